The molecule has 0 saturated carbocycles. The standard InChI is InChI=1S/C14H30N2O/c1-4-6-7-13(5-2)11-16-14(17)9-8-12(3)10-15/h12-13H,4-11,15H2,1-3H3,(H,16,17). The molecular weight excluding hydrogens is 212 g/mol. The van der Waals surface area contributed by atoms with E-state index in [4.69, 9.17) is 5.73 Å². The first-order valence-corrected chi connectivity index (χ1v) is 7.10. The van der Waals surface area contributed by atoms with Gasteiger partial charge < -0.3 is 11.1 Å². The topological polar surface area (TPSA) is 55.1 Å². The quantitative estimate of drug-likeness (QED) is 0.619. The Bertz CT molecular complexity index is 195. The predicted molar refractivity (Wildman–Crippen MR) is 73.8 cm³/mol. The van der Waals surface area contributed by atoms with E-state index in [0.717, 1.165) is 19.4 Å². The van der Waals surface area contributed by atoms with E-state index in [1.165, 1.54) is 19.3 Å². The minimum atomic E-state index is 0.181. The third-order valence-corrected chi connectivity index (χ3v) is 3.40. The SMILES string of the molecule is CCCCC(CC)CNC(=O)CCC(C)CN. The minimum absolute atomic E-state index is 0.181. The fourth-order valence-corrected chi connectivity index (χ4v) is 1.79. The van der Waals surface area contributed by atoms with Gasteiger partial charge in [0.25, 0.3) is 0 Å². The summed E-state index contributed by atoms with van der Waals surface area (Å²) in [5.74, 6) is 1.27. The fourth-order valence-electron chi connectivity index (χ4n) is 1.79. The van der Waals surface area contributed by atoms with Gasteiger partial charge >= 0.3 is 0 Å². The fraction of sp³-hybridized carbons (Fsp3) is 0.929. The van der Waals surface area contributed by atoms with E-state index < -0.39 is 0 Å². The Morgan fingerprint density at radius 3 is 2.53 bits per heavy atom. The second kappa shape index (κ2) is 10.6. The van der Waals surface area contributed by atoms with Crippen LogP contribution in [0, 0.1) is 11.8 Å². The minimum Gasteiger partial charge on any atom is -0.356 e. The van der Waals surface area contributed by atoms with Crippen LogP contribution < -0.4 is 11.1 Å². The van der Waals surface area contributed by atoms with Crippen LogP contribution in [0.15, 0.2) is 0 Å². The largest absolute Gasteiger partial charge is 0.356 e. The van der Waals surface area contributed by atoms with Crippen LogP contribution in [0.1, 0.15) is 59.3 Å². The zero-order valence-corrected chi connectivity index (χ0v) is 11.8. The van der Waals surface area contributed by atoms with Gasteiger partial charge in [0.15, 0.2) is 0 Å². The number of carbonyl (C=O) groups excluding carboxylic acids is 1. The molecule has 0 aromatic rings. The molecule has 0 rings (SSSR count). The number of rotatable bonds is 10. The number of hydrogen-bond acceptors (Lipinski definition) is 2. The predicted octanol–water partition coefficient (Wildman–Crippen LogP) is 2.69. The van der Waals surface area contributed by atoms with Gasteiger partial charge in [0.05, 0.1) is 0 Å². The lowest BCUT2D eigenvalue weighted by Crippen LogP contribution is -2.29. The second-order valence-corrected chi connectivity index (χ2v) is 5.10. The third kappa shape index (κ3) is 9.16. The van der Waals surface area contributed by atoms with Crippen LogP contribution in [0.25, 0.3) is 0 Å². The molecule has 0 heterocycles. The van der Waals surface area contributed by atoms with Crippen LogP contribution in [0.5, 0.6) is 0 Å². The van der Waals surface area contributed by atoms with Crippen LogP contribution in [0.3, 0.4) is 0 Å². The monoisotopic (exact) mass is 242 g/mol. The van der Waals surface area contributed by atoms with Gasteiger partial charge in [-0.3, -0.25) is 4.79 Å². The lowest BCUT2D eigenvalue weighted by Gasteiger charge is -2.15. The second-order valence-electron chi connectivity index (χ2n) is 5.10. The van der Waals surface area contributed by atoms with Crippen molar-refractivity contribution in [2.75, 3.05) is 13.1 Å². The molecule has 102 valence electrons. The zero-order chi connectivity index (χ0) is 13.1. The molecule has 0 aromatic carbocycles. The van der Waals surface area contributed by atoms with Crippen molar-refractivity contribution >= 4 is 5.91 Å². The number of nitrogens with two attached hydrogens (primary N) is 1. The lowest BCUT2D eigenvalue weighted by molar-refractivity contribution is -0.121. The highest BCUT2D eigenvalue weighted by atomic mass is 16.1. The molecule has 3 nitrogen and oxygen atoms in total. The van der Waals surface area contributed by atoms with Crippen LogP contribution in [-0.2, 0) is 4.79 Å². The van der Waals surface area contributed by atoms with Gasteiger partial charge in [0, 0.05) is 13.0 Å². The van der Waals surface area contributed by atoms with Crippen LogP contribution >= 0.6 is 0 Å². The Labute approximate surface area is 107 Å². The van der Waals surface area contributed by atoms with E-state index in [-0.39, 0.29) is 5.91 Å². The van der Waals surface area contributed by atoms with Crippen molar-refractivity contribution in [3.05, 3.63) is 0 Å². The van der Waals surface area contributed by atoms with E-state index in [0.29, 0.717) is 24.8 Å². The van der Waals surface area contributed by atoms with Crippen molar-refractivity contribution in [2.45, 2.75) is 59.3 Å². The maximum absolute atomic E-state index is 11.6. The number of amides is 1. The molecule has 0 fully saturated rings. The van der Waals surface area contributed by atoms with Crippen molar-refractivity contribution in [1.82, 2.24) is 5.32 Å². The Kier molecular flexibility index (Phi) is 10.2. The van der Waals surface area contributed by atoms with E-state index in [1.54, 1.807) is 0 Å². The maximum Gasteiger partial charge on any atom is 0.220 e. The molecule has 3 heteroatoms. The van der Waals surface area contributed by atoms with Crippen molar-refractivity contribution in [2.24, 2.45) is 17.6 Å². The summed E-state index contributed by atoms with van der Waals surface area (Å²) in [6.07, 6.45) is 6.39. The van der Waals surface area contributed by atoms with Gasteiger partial charge in [0.2, 0.25) is 5.91 Å². The molecule has 0 aromatic heterocycles. The van der Waals surface area contributed by atoms with Gasteiger partial charge in [-0.25, -0.2) is 0 Å². The summed E-state index contributed by atoms with van der Waals surface area (Å²) >= 11 is 0. The van der Waals surface area contributed by atoms with E-state index in [9.17, 15) is 4.79 Å². The molecule has 0 spiro atoms. The molecule has 0 saturated heterocycles. The summed E-state index contributed by atoms with van der Waals surface area (Å²) < 4.78 is 0. The summed E-state index contributed by atoms with van der Waals surface area (Å²) in [4.78, 5) is 11.6. The number of nitrogens with one attached hydrogen (secondary N) is 1. The van der Waals surface area contributed by atoms with Gasteiger partial charge in [0.1, 0.15) is 0 Å². The highest BCUT2D eigenvalue weighted by Crippen LogP contribution is 2.11. The normalized spacial score (nSPS) is 14.4. The Morgan fingerprint density at radius 2 is 2.00 bits per heavy atom. The number of hydrogen-bond donors (Lipinski definition) is 2. The Morgan fingerprint density at radius 1 is 1.29 bits per heavy atom. The van der Waals surface area contributed by atoms with Gasteiger partial charge in [-0.1, -0.05) is 40.0 Å². The van der Waals surface area contributed by atoms with Gasteiger partial charge in [-0.15, -0.1) is 0 Å². The molecular formula is C14H30N2O. The summed E-state index contributed by atoms with van der Waals surface area (Å²) in [5, 5.41) is 3.04. The number of carbonyl (C=O) groups is 1. The molecule has 3 N–H and O–H groups in total. The lowest BCUT2D eigenvalue weighted by atomic mass is 9.99. The third-order valence-electron chi connectivity index (χ3n) is 3.40. The van der Waals surface area contributed by atoms with Crippen molar-refractivity contribution in [3.8, 4) is 0 Å². The summed E-state index contributed by atoms with van der Waals surface area (Å²) in [7, 11) is 0. The molecule has 0 aliphatic heterocycles. The maximum atomic E-state index is 11.6. The highest BCUT2D eigenvalue weighted by Gasteiger charge is 2.09. The molecule has 0 aliphatic rings. The highest BCUT2D eigenvalue weighted by molar-refractivity contribution is 5.75. The first-order chi connectivity index (χ1) is 8.13. The molecule has 1 amide bonds. The molecule has 0 radical (unpaired) electrons. The van der Waals surface area contributed by atoms with E-state index in [1.807, 2.05) is 0 Å². The molecule has 2 unspecified atom stereocenters. The number of unbranched alkanes of at least 4 members (excludes halogenated alkanes) is 1. The van der Waals surface area contributed by atoms with E-state index in [2.05, 4.69) is 26.1 Å². The zero-order valence-electron chi connectivity index (χ0n) is 11.8. The Hall–Kier alpha value is -0.570. The van der Waals surface area contributed by atoms with Crippen LogP contribution in [-0.4, -0.2) is 19.0 Å². The van der Waals surface area contributed by atoms with Crippen molar-refractivity contribution < 1.29 is 4.79 Å². The summed E-state index contributed by atoms with van der Waals surface area (Å²) in [5.41, 5.74) is 5.53. The van der Waals surface area contributed by atoms with Gasteiger partial charge in [-0.2, -0.15) is 0 Å². The van der Waals surface area contributed by atoms with Crippen molar-refractivity contribution in [3.63, 3.8) is 0 Å². The first kappa shape index (κ1) is 16.4. The van der Waals surface area contributed by atoms with Crippen LogP contribution in [0.4, 0.5) is 0 Å². The molecule has 2 atom stereocenters. The summed E-state index contributed by atoms with van der Waals surface area (Å²) in [6, 6.07) is 0. The molecule has 0 aliphatic carbocycles. The summed E-state index contributed by atoms with van der Waals surface area (Å²) in [6.45, 7) is 8.00. The molecule has 0 bridgehead atoms. The molecule has 17 heavy (non-hydrogen) atoms. The van der Waals surface area contributed by atoms with Crippen LogP contribution in [0.2, 0.25) is 0 Å². The first-order valence-electron chi connectivity index (χ1n) is 7.10. The smallest absolute Gasteiger partial charge is 0.220 e. The van der Waals surface area contributed by atoms with Gasteiger partial charge in [-0.05, 0) is 31.2 Å². The Balaban J connectivity index is 3.65. The average Bonchev–Trinajstić information content (AvgIpc) is 2.36. The van der Waals surface area contributed by atoms with Crippen molar-refractivity contribution in [1.29, 1.82) is 0 Å². The average molecular weight is 242 g/mol. The van der Waals surface area contributed by atoms with E-state index >= 15 is 0 Å².